The van der Waals surface area contributed by atoms with Crippen molar-refractivity contribution in [2.45, 2.75) is 18.6 Å². The van der Waals surface area contributed by atoms with Gasteiger partial charge in [0.1, 0.15) is 5.82 Å². The third kappa shape index (κ3) is 3.46. The smallest absolute Gasteiger partial charge is 0.128 e. The zero-order valence-corrected chi connectivity index (χ0v) is 13.0. The highest BCUT2D eigenvalue weighted by atomic mass is 16.3. The molecule has 1 saturated heterocycles. The summed E-state index contributed by atoms with van der Waals surface area (Å²) in [6.45, 7) is 2.62. The molecule has 116 valence electrons. The lowest BCUT2D eigenvalue weighted by Gasteiger charge is -2.32. The minimum absolute atomic E-state index is 0.184. The Balaban J connectivity index is 1.83. The molecule has 1 aliphatic heterocycles. The fraction of sp³-hybridized carbons (Fsp3) is 0.389. The van der Waals surface area contributed by atoms with Crippen LogP contribution < -0.4 is 4.90 Å². The van der Waals surface area contributed by atoms with Crippen molar-refractivity contribution in [3.05, 3.63) is 60.3 Å². The number of nitrogens with zero attached hydrogens (tertiary/aromatic N) is 3. The summed E-state index contributed by atoms with van der Waals surface area (Å²) in [7, 11) is 2.09. The van der Waals surface area contributed by atoms with E-state index in [4.69, 9.17) is 0 Å². The average molecular weight is 297 g/mol. The summed E-state index contributed by atoms with van der Waals surface area (Å²) >= 11 is 0. The van der Waals surface area contributed by atoms with E-state index < -0.39 is 0 Å². The maximum absolute atomic E-state index is 9.77. The van der Waals surface area contributed by atoms with E-state index in [0.717, 1.165) is 31.9 Å². The Morgan fingerprint density at radius 1 is 1.23 bits per heavy atom. The van der Waals surface area contributed by atoms with Crippen LogP contribution in [0.3, 0.4) is 0 Å². The number of likely N-dealkylation sites (N-methyl/N-ethyl adjacent to an activating group) is 1. The first-order valence-electron chi connectivity index (χ1n) is 7.83. The van der Waals surface area contributed by atoms with Gasteiger partial charge < -0.3 is 10.0 Å². The Morgan fingerprint density at radius 3 is 2.64 bits per heavy atom. The SMILES string of the molecule is CN(c1ccccn1)C(CN1CCC(O)C1)c1ccccc1. The number of rotatable bonds is 5. The van der Waals surface area contributed by atoms with Crippen LogP contribution in [0.2, 0.25) is 0 Å². The van der Waals surface area contributed by atoms with E-state index >= 15 is 0 Å². The Bertz CT molecular complexity index is 575. The first-order chi connectivity index (χ1) is 10.7. The molecule has 0 radical (unpaired) electrons. The number of aromatic nitrogens is 1. The number of hydrogen-bond donors (Lipinski definition) is 1. The molecule has 0 saturated carbocycles. The zero-order chi connectivity index (χ0) is 15.4. The molecule has 0 spiro atoms. The monoisotopic (exact) mass is 297 g/mol. The summed E-state index contributed by atoms with van der Waals surface area (Å²) < 4.78 is 0. The van der Waals surface area contributed by atoms with Crippen LogP contribution in [0.25, 0.3) is 0 Å². The summed E-state index contributed by atoms with van der Waals surface area (Å²) in [4.78, 5) is 9.03. The average Bonchev–Trinajstić information content (AvgIpc) is 2.99. The lowest BCUT2D eigenvalue weighted by Crippen LogP contribution is -2.36. The molecule has 2 atom stereocenters. The number of aliphatic hydroxyl groups is 1. The van der Waals surface area contributed by atoms with Gasteiger partial charge in [-0.2, -0.15) is 0 Å². The van der Waals surface area contributed by atoms with Gasteiger partial charge in [0.15, 0.2) is 0 Å². The number of β-amino-alcohol motifs (C(OH)–C–C–N with tert-alkyl or cyclic N) is 1. The maximum Gasteiger partial charge on any atom is 0.128 e. The molecule has 1 N–H and O–H groups in total. The van der Waals surface area contributed by atoms with Crippen LogP contribution in [-0.2, 0) is 0 Å². The molecule has 0 aliphatic carbocycles. The van der Waals surface area contributed by atoms with Crippen LogP contribution in [0.1, 0.15) is 18.0 Å². The highest BCUT2D eigenvalue weighted by Gasteiger charge is 2.26. The van der Waals surface area contributed by atoms with E-state index in [-0.39, 0.29) is 12.1 Å². The van der Waals surface area contributed by atoms with E-state index in [1.165, 1.54) is 5.56 Å². The molecule has 2 heterocycles. The van der Waals surface area contributed by atoms with Gasteiger partial charge in [-0.1, -0.05) is 36.4 Å². The molecule has 1 fully saturated rings. The number of likely N-dealkylation sites (tertiary alicyclic amines) is 1. The number of benzene rings is 1. The minimum Gasteiger partial charge on any atom is -0.392 e. The van der Waals surface area contributed by atoms with Gasteiger partial charge in [-0.3, -0.25) is 4.90 Å². The van der Waals surface area contributed by atoms with Gasteiger partial charge in [0.05, 0.1) is 12.1 Å². The van der Waals surface area contributed by atoms with Crippen molar-refractivity contribution >= 4 is 5.82 Å². The minimum atomic E-state index is -0.184. The van der Waals surface area contributed by atoms with Crippen LogP contribution in [0, 0.1) is 0 Å². The normalized spacial score (nSPS) is 20.0. The van der Waals surface area contributed by atoms with E-state index in [0.29, 0.717) is 0 Å². The van der Waals surface area contributed by atoms with Gasteiger partial charge in [-0.25, -0.2) is 4.98 Å². The molecule has 0 bridgehead atoms. The molecule has 1 aromatic heterocycles. The molecule has 3 rings (SSSR count). The molecule has 1 aromatic carbocycles. The molecule has 2 unspecified atom stereocenters. The fourth-order valence-electron chi connectivity index (χ4n) is 3.07. The molecule has 1 aliphatic rings. The van der Waals surface area contributed by atoms with Gasteiger partial charge in [-0.15, -0.1) is 0 Å². The van der Waals surface area contributed by atoms with Gasteiger partial charge in [-0.05, 0) is 24.1 Å². The topological polar surface area (TPSA) is 39.6 Å². The largest absolute Gasteiger partial charge is 0.392 e. The van der Waals surface area contributed by atoms with Crippen LogP contribution in [0.5, 0.6) is 0 Å². The summed E-state index contributed by atoms with van der Waals surface area (Å²) in [5, 5.41) is 9.77. The lowest BCUT2D eigenvalue weighted by molar-refractivity contribution is 0.174. The Hall–Kier alpha value is -1.91. The van der Waals surface area contributed by atoms with E-state index in [1.807, 2.05) is 30.5 Å². The van der Waals surface area contributed by atoms with Crippen molar-refractivity contribution in [1.82, 2.24) is 9.88 Å². The van der Waals surface area contributed by atoms with Crippen molar-refractivity contribution in [2.75, 3.05) is 31.6 Å². The predicted octanol–water partition coefficient (Wildman–Crippen LogP) is 2.33. The molecule has 2 aromatic rings. The summed E-state index contributed by atoms with van der Waals surface area (Å²) in [6.07, 6.45) is 2.51. The second-order valence-corrected chi connectivity index (χ2v) is 5.93. The third-order valence-electron chi connectivity index (χ3n) is 4.34. The number of anilines is 1. The summed E-state index contributed by atoms with van der Waals surface area (Å²) in [5.74, 6) is 0.969. The molecular weight excluding hydrogens is 274 g/mol. The summed E-state index contributed by atoms with van der Waals surface area (Å²) in [5.41, 5.74) is 1.28. The van der Waals surface area contributed by atoms with E-state index in [9.17, 15) is 5.11 Å². The second kappa shape index (κ2) is 6.90. The molecule has 0 amide bonds. The highest BCUT2D eigenvalue weighted by Crippen LogP contribution is 2.26. The van der Waals surface area contributed by atoms with Crippen molar-refractivity contribution in [3.63, 3.8) is 0 Å². The third-order valence-corrected chi connectivity index (χ3v) is 4.34. The van der Waals surface area contributed by atoms with Crippen LogP contribution in [-0.4, -0.2) is 47.8 Å². The number of hydrogen-bond acceptors (Lipinski definition) is 4. The van der Waals surface area contributed by atoms with Crippen molar-refractivity contribution in [1.29, 1.82) is 0 Å². The van der Waals surface area contributed by atoms with Gasteiger partial charge >= 0.3 is 0 Å². The molecular formula is C18H23N3O. The Morgan fingerprint density at radius 2 is 2.00 bits per heavy atom. The second-order valence-electron chi connectivity index (χ2n) is 5.93. The first kappa shape index (κ1) is 15.0. The molecule has 22 heavy (non-hydrogen) atoms. The Labute approximate surface area is 132 Å². The number of aliphatic hydroxyl groups excluding tert-OH is 1. The lowest BCUT2D eigenvalue weighted by atomic mass is 10.0. The predicted molar refractivity (Wildman–Crippen MR) is 88.9 cm³/mol. The fourth-order valence-corrected chi connectivity index (χ4v) is 3.07. The van der Waals surface area contributed by atoms with Gasteiger partial charge in [0.2, 0.25) is 0 Å². The number of pyridine rings is 1. The van der Waals surface area contributed by atoms with Gasteiger partial charge in [0.25, 0.3) is 0 Å². The quantitative estimate of drug-likeness (QED) is 0.919. The Kier molecular flexibility index (Phi) is 4.71. The summed E-state index contributed by atoms with van der Waals surface area (Å²) in [6, 6.07) is 16.7. The van der Waals surface area contributed by atoms with Crippen molar-refractivity contribution in [3.8, 4) is 0 Å². The standard InChI is InChI=1S/C18H23N3O/c1-20(18-9-5-6-11-19-18)17(15-7-3-2-4-8-15)14-21-12-10-16(22)13-21/h2-9,11,16-17,22H,10,12-14H2,1H3. The van der Waals surface area contributed by atoms with Crippen LogP contribution in [0.4, 0.5) is 5.82 Å². The van der Waals surface area contributed by atoms with Crippen LogP contribution in [0.15, 0.2) is 54.7 Å². The molecule has 4 heteroatoms. The van der Waals surface area contributed by atoms with E-state index in [2.05, 4.69) is 46.1 Å². The molecule has 4 nitrogen and oxygen atoms in total. The van der Waals surface area contributed by atoms with Crippen LogP contribution >= 0.6 is 0 Å². The van der Waals surface area contributed by atoms with Crippen molar-refractivity contribution < 1.29 is 5.11 Å². The zero-order valence-electron chi connectivity index (χ0n) is 13.0. The van der Waals surface area contributed by atoms with Crippen molar-refractivity contribution in [2.24, 2.45) is 0 Å². The maximum atomic E-state index is 9.77. The van der Waals surface area contributed by atoms with E-state index in [1.54, 1.807) is 0 Å². The highest BCUT2D eigenvalue weighted by molar-refractivity contribution is 5.41. The first-order valence-corrected chi connectivity index (χ1v) is 7.83. The van der Waals surface area contributed by atoms with Gasteiger partial charge in [0, 0.05) is 32.9 Å².